The Hall–Kier alpha value is -1.31. The minimum Gasteiger partial charge on any atom is -0.397 e. The Balaban J connectivity index is 2.63. The van der Waals surface area contributed by atoms with Crippen LogP contribution in [-0.4, -0.2) is 33.7 Å². The van der Waals surface area contributed by atoms with Gasteiger partial charge in [0.2, 0.25) is 10.0 Å². The fraction of sp³-hybridized carbons (Fsp3) is 0.500. The van der Waals surface area contributed by atoms with E-state index in [2.05, 4.69) is 10.0 Å². The largest absolute Gasteiger partial charge is 0.397 e. The number of sulfonamides is 1. The van der Waals surface area contributed by atoms with Crippen LogP contribution < -0.4 is 15.8 Å². The van der Waals surface area contributed by atoms with Crippen LogP contribution in [0.25, 0.3) is 0 Å². The number of aliphatic hydroxyl groups excluding tert-OH is 1. The summed E-state index contributed by atoms with van der Waals surface area (Å²) in [5, 5.41) is 11.8. The Bertz CT molecular complexity index is 503. The van der Waals surface area contributed by atoms with Gasteiger partial charge in [-0.2, -0.15) is 0 Å². The van der Waals surface area contributed by atoms with Crippen LogP contribution >= 0.6 is 0 Å². The number of anilines is 2. The van der Waals surface area contributed by atoms with Crippen LogP contribution in [0.4, 0.5) is 11.4 Å². The van der Waals surface area contributed by atoms with E-state index in [0.717, 1.165) is 31.5 Å². The zero-order valence-electron chi connectivity index (χ0n) is 11.0. The van der Waals surface area contributed by atoms with Crippen LogP contribution in [-0.2, 0) is 10.0 Å². The maximum atomic E-state index is 11.6. The summed E-state index contributed by atoms with van der Waals surface area (Å²) in [6.45, 7) is 0.945. The van der Waals surface area contributed by atoms with E-state index in [4.69, 9.17) is 10.8 Å². The molecule has 0 unspecified atom stereocenters. The van der Waals surface area contributed by atoms with Crippen molar-refractivity contribution in [3.8, 4) is 0 Å². The zero-order chi connectivity index (χ0) is 14.3. The van der Waals surface area contributed by atoms with E-state index >= 15 is 0 Å². The second kappa shape index (κ2) is 7.32. The molecule has 5 N–H and O–H groups in total. The summed E-state index contributed by atoms with van der Waals surface area (Å²) in [5.74, 6) is 0. The molecule has 0 atom stereocenters. The summed E-state index contributed by atoms with van der Waals surface area (Å²) in [5.41, 5.74) is 6.94. The molecule has 1 rings (SSSR count). The average Bonchev–Trinajstić information content (AvgIpc) is 2.40. The molecule has 0 amide bonds. The van der Waals surface area contributed by atoms with Gasteiger partial charge < -0.3 is 16.2 Å². The van der Waals surface area contributed by atoms with Gasteiger partial charge in [0.05, 0.1) is 16.3 Å². The number of aliphatic hydroxyl groups is 1. The minimum atomic E-state index is -3.46. The van der Waals surface area contributed by atoms with E-state index in [1.807, 2.05) is 0 Å². The maximum absolute atomic E-state index is 11.6. The molecule has 0 saturated heterocycles. The number of nitrogen functional groups attached to an aromatic ring is 1. The lowest BCUT2D eigenvalue weighted by atomic mass is 10.2. The SMILES string of the molecule is CNS(=O)(=O)c1ccc(NCCCCCO)c(N)c1. The van der Waals surface area contributed by atoms with Gasteiger partial charge >= 0.3 is 0 Å². The van der Waals surface area contributed by atoms with Crippen LogP contribution in [0.1, 0.15) is 19.3 Å². The summed E-state index contributed by atoms with van der Waals surface area (Å²) >= 11 is 0. The predicted octanol–water partition coefficient (Wildman–Crippen LogP) is 0.751. The number of unbranched alkanes of at least 4 members (excludes halogenated alkanes) is 2. The van der Waals surface area contributed by atoms with Crippen molar-refractivity contribution in [2.24, 2.45) is 0 Å². The highest BCUT2D eigenvalue weighted by atomic mass is 32.2. The van der Waals surface area contributed by atoms with Gasteiger partial charge in [0.1, 0.15) is 0 Å². The van der Waals surface area contributed by atoms with E-state index in [1.54, 1.807) is 6.07 Å². The summed E-state index contributed by atoms with van der Waals surface area (Å²) in [7, 11) is -2.10. The number of benzene rings is 1. The fourth-order valence-electron chi connectivity index (χ4n) is 1.62. The van der Waals surface area contributed by atoms with E-state index in [0.29, 0.717) is 5.69 Å². The van der Waals surface area contributed by atoms with Gasteiger partial charge in [0.25, 0.3) is 0 Å². The summed E-state index contributed by atoms with van der Waals surface area (Å²) < 4.78 is 25.4. The lowest BCUT2D eigenvalue weighted by Gasteiger charge is -2.11. The second-order valence-electron chi connectivity index (χ2n) is 4.17. The first-order valence-electron chi connectivity index (χ1n) is 6.19. The van der Waals surface area contributed by atoms with Crippen molar-refractivity contribution < 1.29 is 13.5 Å². The van der Waals surface area contributed by atoms with Gasteiger partial charge in [-0.3, -0.25) is 0 Å². The first-order chi connectivity index (χ1) is 9.01. The van der Waals surface area contributed by atoms with E-state index in [9.17, 15) is 8.42 Å². The maximum Gasteiger partial charge on any atom is 0.240 e. The smallest absolute Gasteiger partial charge is 0.240 e. The van der Waals surface area contributed by atoms with Crippen LogP contribution in [0.15, 0.2) is 23.1 Å². The fourth-order valence-corrected chi connectivity index (χ4v) is 2.39. The third-order valence-corrected chi connectivity index (χ3v) is 4.16. The molecule has 0 heterocycles. The molecule has 0 spiro atoms. The van der Waals surface area contributed by atoms with Crippen molar-refractivity contribution in [3.05, 3.63) is 18.2 Å². The number of hydrogen-bond acceptors (Lipinski definition) is 5. The molecule has 108 valence electrons. The van der Waals surface area contributed by atoms with E-state index in [1.165, 1.54) is 19.2 Å². The summed E-state index contributed by atoms with van der Waals surface area (Å²) in [4.78, 5) is 0.151. The molecule has 0 fully saturated rings. The van der Waals surface area contributed by atoms with Gasteiger partial charge in [-0.05, 0) is 44.5 Å². The lowest BCUT2D eigenvalue weighted by Crippen LogP contribution is -2.18. The van der Waals surface area contributed by atoms with Gasteiger partial charge in [0.15, 0.2) is 0 Å². The normalized spacial score (nSPS) is 11.5. The molecule has 1 aromatic carbocycles. The Morgan fingerprint density at radius 1 is 1.26 bits per heavy atom. The minimum absolute atomic E-state index is 0.151. The molecule has 0 aliphatic heterocycles. The van der Waals surface area contributed by atoms with Gasteiger partial charge in [0, 0.05) is 13.2 Å². The quantitative estimate of drug-likeness (QED) is 0.417. The van der Waals surface area contributed by atoms with Crippen LogP contribution in [0.3, 0.4) is 0 Å². The molecule has 0 radical (unpaired) electrons. The third kappa shape index (κ3) is 4.70. The second-order valence-corrected chi connectivity index (χ2v) is 6.05. The highest BCUT2D eigenvalue weighted by Gasteiger charge is 2.12. The van der Waals surface area contributed by atoms with Crippen molar-refractivity contribution in [1.82, 2.24) is 4.72 Å². The Morgan fingerprint density at radius 3 is 2.58 bits per heavy atom. The van der Waals surface area contributed by atoms with Crippen molar-refractivity contribution in [2.75, 3.05) is 31.2 Å². The number of nitrogens with one attached hydrogen (secondary N) is 2. The number of rotatable bonds is 8. The molecule has 7 heteroatoms. The van der Waals surface area contributed by atoms with Gasteiger partial charge in [-0.1, -0.05) is 0 Å². The van der Waals surface area contributed by atoms with Crippen LogP contribution in [0.2, 0.25) is 0 Å². The third-order valence-electron chi connectivity index (χ3n) is 2.75. The van der Waals surface area contributed by atoms with Gasteiger partial charge in [-0.15, -0.1) is 0 Å². The molecule has 0 saturated carbocycles. The zero-order valence-corrected chi connectivity index (χ0v) is 11.8. The Morgan fingerprint density at radius 2 is 2.00 bits per heavy atom. The highest BCUT2D eigenvalue weighted by molar-refractivity contribution is 7.89. The monoisotopic (exact) mass is 287 g/mol. The molecule has 6 nitrogen and oxygen atoms in total. The lowest BCUT2D eigenvalue weighted by molar-refractivity contribution is 0.283. The van der Waals surface area contributed by atoms with Crippen molar-refractivity contribution >= 4 is 21.4 Å². The van der Waals surface area contributed by atoms with Gasteiger partial charge in [-0.25, -0.2) is 13.1 Å². The molecule has 0 aromatic heterocycles. The molecular weight excluding hydrogens is 266 g/mol. The summed E-state index contributed by atoms with van der Waals surface area (Å²) in [6.07, 6.45) is 2.66. The van der Waals surface area contributed by atoms with Crippen LogP contribution in [0.5, 0.6) is 0 Å². The summed E-state index contributed by atoms with van der Waals surface area (Å²) in [6, 6.07) is 4.60. The molecule has 0 aliphatic rings. The topological polar surface area (TPSA) is 104 Å². The van der Waals surface area contributed by atoms with E-state index < -0.39 is 10.0 Å². The Kier molecular flexibility index (Phi) is 6.07. The predicted molar refractivity (Wildman–Crippen MR) is 76.5 cm³/mol. The molecule has 19 heavy (non-hydrogen) atoms. The number of nitrogens with two attached hydrogens (primary N) is 1. The first kappa shape index (κ1) is 15.7. The molecule has 1 aromatic rings. The molecular formula is C12H21N3O3S. The van der Waals surface area contributed by atoms with Crippen molar-refractivity contribution in [2.45, 2.75) is 24.2 Å². The molecule has 0 aliphatic carbocycles. The van der Waals surface area contributed by atoms with E-state index in [-0.39, 0.29) is 11.5 Å². The number of hydrogen-bond donors (Lipinski definition) is 4. The average molecular weight is 287 g/mol. The Labute approximate surface area is 114 Å². The molecule has 0 bridgehead atoms. The van der Waals surface area contributed by atoms with Crippen LogP contribution in [0, 0.1) is 0 Å². The van der Waals surface area contributed by atoms with Crippen molar-refractivity contribution in [1.29, 1.82) is 0 Å². The highest BCUT2D eigenvalue weighted by Crippen LogP contribution is 2.22. The van der Waals surface area contributed by atoms with Crippen molar-refractivity contribution in [3.63, 3.8) is 0 Å². The standard InChI is InChI=1S/C12H21N3O3S/c1-14-19(17,18)10-5-6-12(11(13)9-10)15-7-3-2-4-8-16/h5-6,9,14-16H,2-4,7-8,13H2,1H3. The first-order valence-corrected chi connectivity index (χ1v) is 7.67.